The number of hydrogen-bond donors (Lipinski definition) is 1. The highest BCUT2D eigenvalue weighted by Gasteiger charge is 2.25. The second-order valence-electron chi connectivity index (χ2n) is 7.74. The molecule has 3 aromatic rings. The van der Waals surface area contributed by atoms with Gasteiger partial charge in [0.05, 0.1) is 17.1 Å². The Balaban J connectivity index is 1.94. The molecular weight excluding hydrogens is 437 g/mol. The molecule has 0 atom stereocenters. The van der Waals surface area contributed by atoms with Crippen LogP contribution >= 0.6 is 0 Å². The Kier molecular flexibility index (Phi) is 7.15. The topological polar surface area (TPSA) is 84.3 Å². The third-order valence-corrected chi connectivity index (χ3v) is 4.94. The largest absolute Gasteiger partial charge is 0.328 e. The first-order chi connectivity index (χ1) is 15.6. The monoisotopic (exact) mass is 460 g/mol. The predicted molar refractivity (Wildman–Crippen MR) is 118 cm³/mol. The van der Waals surface area contributed by atoms with Gasteiger partial charge in [-0.15, -0.1) is 0 Å². The number of benzene rings is 2. The minimum Gasteiger partial charge on any atom is -0.328 e. The van der Waals surface area contributed by atoms with Gasteiger partial charge in [0.2, 0.25) is 5.91 Å². The van der Waals surface area contributed by atoms with E-state index in [1.165, 1.54) is 9.58 Å². The molecule has 0 fully saturated rings. The lowest BCUT2D eigenvalue weighted by Crippen LogP contribution is -2.40. The normalized spacial score (nSPS) is 11.1. The Morgan fingerprint density at radius 1 is 1.06 bits per heavy atom. The third-order valence-electron chi connectivity index (χ3n) is 4.94. The van der Waals surface area contributed by atoms with E-state index in [9.17, 15) is 27.6 Å². The minimum absolute atomic E-state index is 0.000780. The zero-order valence-electron chi connectivity index (χ0n) is 18.4. The van der Waals surface area contributed by atoms with E-state index < -0.39 is 41.5 Å². The van der Waals surface area contributed by atoms with E-state index >= 15 is 0 Å². The van der Waals surface area contributed by atoms with Gasteiger partial charge >= 0.3 is 0 Å². The Hall–Kier alpha value is -3.69. The van der Waals surface area contributed by atoms with Crippen LogP contribution in [-0.4, -0.2) is 39.6 Å². The van der Waals surface area contributed by atoms with Gasteiger partial charge in [-0.05, 0) is 38.5 Å². The molecule has 10 heteroatoms. The first kappa shape index (κ1) is 24.0. The van der Waals surface area contributed by atoms with Crippen molar-refractivity contribution in [1.29, 1.82) is 0 Å². The van der Waals surface area contributed by atoms with Crippen molar-refractivity contribution in [2.24, 2.45) is 0 Å². The summed E-state index contributed by atoms with van der Waals surface area (Å²) in [6, 6.07) is 7.81. The molecule has 0 aliphatic heterocycles. The molecule has 7 nitrogen and oxygen atoms in total. The average Bonchev–Trinajstić information content (AvgIpc) is 2.79. The molecule has 2 aromatic carbocycles. The van der Waals surface area contributed by atoms with Gasteiger partial charge in [0.1, 0.15) is 6.54 Å². The van der Waals surface area contributed by atoms with Gasteiger partial charge in [-0.25, -0.2) is 17.9 Å². The van der Waals surface area contributed by atoms with Crippen molar-refractivity contribution < 1.29 is 22.8 Å². The standard InChI is InChI=1S/C23H23F3N4O3/c1-4-11-29(12-18(31)27-17-10-9-16(24)19(25)20(17)26)23(33)21-14-7-5-6-8-15(14)22(32)30(28-21)13(2)3/h5-10,13H,4,11-12H2,1-3H3,(H,27,31). The molecule has 0 aliphatic carbocycles. The van der Waals surface area contributed by atoms with Crippen molar-refractivity contribution in [3.63, 3.8) is 0 Å². The number of fused-ring (bicyclic) bond motifs is 1. The number of amides is 2. The van der Waals surface area contributed by atoms with Crippen LogP contribution in [0.15, 0.2) is 41.2 Å². The van der Waals surface area contributed by atoms with Crippen LogP contribution < -0.4 is 10.9 Å². The maximum Gasteiger partial charge on any atom is 0.275 e. The zero-order chi connectivity index (χ0) is 24.3. The number of anilines is 1. The van der Waals surface area contributed by atoms with Crippen molar-refractivity contribution in [2.45, 2.75) is 33.2 Å². The maximum atomic E-state index is 13.9. The number of aromatic nitrogens is 2. The van der Waals surface area contributed by atoms with Crippen LogP contribution in [0.4, 0.5) is 18.9 Å². The van der Waals surface area contributed by atoms with Crippen molar-refractivity contribution in [2.75, 3.05) is 18.4 Å². The van der Waals surface area contributed by atoms with Gasteiger partial charge in [0.15, 0.2) is 23.1 Å². The maximum absolute atomic E-state index is 13.9. The number of rotatable bonds is 7. The van der Waals surface area contributed by atoms with Gasteiger partial charge in [-0.3, -0.25) is 14.4 Å². The summed E-state index contributed by atoms with van der Waals surface area (Å²) in [4.78, 5) is 39.8. The number of carbonyl (C=O) groups is 2. The lowest BCUT2D eigenvalue weighted by atomic mass is 10.1. The molecule has 0 unspecified atom stereocenters. The molecule has 0 saturated heterocycles. The lowest BCUT2D eigenvalue weighted by molar-refractivity contribution is -0.116. The molecule has 3 rings (SSSR count). The van der Waals surface area contributed by atoms with Crippen molar-refractivity contribution >= 4 is 28.3 Å². The number of nitrogens with zero attached hydrogens (tertiary/aromatic N) is 3. The second kappa shape index (κ2) is 9.85. The highest BCUT2D eigenvalue weighted by Crippen LogP contribution is 2.20. The van der Waals surface area contributed by atoms with Crippen molar-refractivity contribution in [1.82, 2.24) is 14.7 Å². The first-order valence-corrected chi connectivity index (χ1v) is 10.4. The highest BCUT2D eigenvalue weighted by atomic mass is 19.2. The molecule has 0 saturated carbocycles. The fourth-order valence-electron chi connectivity index (χ4n) is 3.37. The van der Waals surface area contributed by atoms with E-state index in [4.69, 9.17) is 0 Å². The first-order valence-electron chi connectivity index (χ1n) is 10.4. The predicted octanol–water partition coefficient (Wildman–Crippen LogP) is 3.89. The summed E-state index contributed by atoms with van der Waals surface area (Å²) in [7, 11) is 0. The van der Waals surface area contributed by atoms with E-state index in [-0.39, 0.29) is 23.8 Å². The number of nitrogens with one attached hydrogen (secondary N) is 1. The number of halogens is 3. The highest BCUT2D eigenvalue weighted by molar-refractivity contribution is 6.06. The third kappa shape index (κ3) is 4.89. The second-order valence-corrected chi connectivity index (χ2v) is 7.74. The molecule has 33 heavy (non-hydrogen) atoms. The van der Waals surface area contributed by atoms with E-state index in [0.29, 0.717) is 23.3 Å². The summed E-state index contributed by atoms with van der Waals surface area (Å²) < 4.78 is 41.7. The van der Waals surface area contributed by atoms with Crippen LogP contribution in [0, 0.1) is 17.5 Å². The molecule has 2 amide bonds. The van der Waals surface area contributed by atoms with E-state index in [2.05, 4.69) is 10.4 Å². The van der Waals surface area contributed by atoms with E-state index in [1.54, 1.807) is 45.0 Å². The van der Waals surface area contributed by atoms with Gasteiger partial charge in [-0.2, -0.15) is 5.10 Å². The molecule has 0 aliphatic rings. The fourth-order valence-corrected chi connectivity index (χ4v) is 3.37. The summed E-state index contributed by atoms with van der Waals surface area (Å²) in [6.45, 7) is 5.00. The SMILES string of the molecule is CCCN(CC(=O)Nc1ccc(F)c(F)c1F)C(=O)c1nn(C(C)C)c(=O)c2ccccc12. The molecule has 1 aromatic heterocycles. The smallest absolute Gasteiger partial charge is 0.275 e. The molecule has 0 spiro atoms. The summed E-state index contributed by atoms with van der Waals surface area (Å²) in [6.07, 6.45) is 0.500. The van der Waals surface area contributed by atoms with Gasteiger partial charge in [0.25, 0.3) is 11.5 Å². The molecular formula is C23H23F3N4O3. The van der Waals surface area contributed by atoms with Crippen LogP contribution in [0.5, 0.6) is 0 Å². The zero-order valence-corrected chi connectivity index (χ0v) is 18.4. The molecule has 0 radical (unpaired) electrons. The quantitative estimate of drug-likeness (QED) is 0.543. The number of hydrogen-bond acceptors (Lipinski definition) is 4. The summed E-state index contributed by atoms with van der Waals surface area (Å²) in [5.41, 5.74) is -0.885. The number of carbonyl (C=O) groups excluding carboxylic acids is 2. The Morgan fingerprint density at radius 2 is 1.73 bits per heavy atom. The van der Waals surface area contributed by atoms with Gasteiger partial charge < -0.3 is 10.2 Å². The summed E-state index contributed by atoms with van der Waals surface area (Å²) >= 11 is 0. The Morgan fingerprint density at radius 3 is 2.36 bits per heavy atom. The minimum atomic E-state index is -1.71. The van der Waals surface area contributed by atoms with Gasteiger partial charge in [-0.1, -0.05) is 25.1 Å². The molecule has 174 valence electrons. The average molecular weight is 460 g/mol. The summed E-state index contributed by atoms with van der Waals surface area (Å²) in [5, 5.41) is 7.08. The van der Waals surface area contributed by atoms with E-state index in [0.717, 1.165) is 6.07 Å². The Bertz CT molecular complexity index is 1270. The van der Waals surface area contributed by atoms with Crippen LogP contribution in [0.3, 0.4) is 0 Å². The van der Waals surface area contributed by atoms with E-state index in [1.807, 2.05) is 0 Å². The lowest BCUT2D eigenvalue weighted by Gasteiger charge is -2.23. The molecule has 1 N–H and O–H groups in total. The molecule has 0 bridgehead atoms. The van der Waals surface area contributed by atoms with Crippen LogP contribution in [0.25, 0.3) is 10.8 Å². The fraction of sp³-hybridized carbons (Fsp3) is 0.304. The van der Waals surface area contributed by atoms with Gasteiger partial charge in [0, 0.05) is 11.9 Å². The van der Waals surface area contributed by atoms with Crippen LogP contribution in [0.1, 0.15) is 43.7 Å². The van der Waals surface area contributed by atoms with Crippen LogP contribution in [0.2, 0.25) is 0 Å². The summed E-state index contributed by atoms with van der Waals surface area (Å²) in [5.74, 6) is -6.02. The van der Waals surface area contributed by atoms with Crippen LogP contribution in [-0.2, 0) is 4.79 Å². The Labute approximate surface area is 187 Å². The van der Waals surface area contributed by atoms with Crippen molar-refractivity contribution in [3.8, 4) is 0 Å². The van der Waals surface area contributed by atoms with Crippen molar-refractivity contribution in [3.05, 3.63) is 69.9 Å². The molecule has 1 heterocycles.